The van der Waals surface area contributed by atoms with Crippen LogP contribution >= 0.6 is 0 Å². The van der Waals surface area contributed by atoms with E-state index in [4.69, 9.17) is 13.9 Å². The highest BCUT2D eigenvalue weighted by molar-refractivity contribution is 6.01. The molecule has 0 spiro atoms. The first kappa shape index (κ1) is 19.8. The Morgan fingerprint density at radius 2 is 1.71 bits per heavy atom. The van der Waals surface area contributed by atoms with Crippen molar-refractivity contribution in [3.8, 4) is 0 Å². The zero-order chi connectivity index (χ0) is 20.3. The maximum atomic E-state index is 12.6. The number of aryl methyl sites for hydroxylation is 3. The van der Waals surface area contributed by atoms with Crippen LogP contribution in [0.3, 0.4) is 0 Å². The Morgan fingerprint density at radius 1 is 1.00 bits per heavy atom. The van der Waals surface area contributed by atoms with Gasteiger partial charge in [-0.2, -0.15) is 0 Å². The average Bonchev–Trinajstić information content (AvgIpc) is 3.05. The number of furan rings is 1. The molecule has 0 radical (unpaired) electrons. The molecule has 0 saturated carbocycles. The Morgan fingerprint density at radius 3 is 2.46 bits per heavy atom. The fraction of sp³-hybridized carbons (Fsp3) is 0.304. The molecule has 0 aliphatic heterocycles. The van der Waals surface area contributed by atoms with Gasteiger partial charge in [-0.15, -0.1) is 0 Å². The molecule has 0 saturated heterocycles. The third-order valence-electron chi connectivity index (χ3n) is 4.81. The molecule has 3 rings (SSSR count). The van der Waals surface area contributed by atoms with E-state index in [0.29, 0.717) is 23.3 Å². The van der Waals surface area contributed by atoms with Gasteiger partial charge in [-0.05, 0) is 56.5 Å². The lowest BCUT2D eigenvalue weighted by Gasteiger charge is -2.09. The van der Waals surface area contributed by atoms with E-state index in [2.05, 4.69) is 0 Å². The van der Waals surface area contributed by atoms with E-state index in [1.807, 2.05) is 58.0 Å². The minimum absolute atomic E-state index is 0.0826. The summed E-state index contributed by atoms with van der Waals surface area (Å²) in [6.45, 7) is 8.11. The van der Waals surface area contributed by atoms with Gasteiger partial charge in [0.2, 0.25) is 11.5 Å². The van der Waals surface area contributed by atoms with Crippen LogP contribution in [0.1, 0.15) is 50.1 Å². The molecule has 28 heavy (non-hydrogen) atoms. The number of benzene rings is 2. The molecule has 5 nitrogen and oxygen atoms in total. The van der Waals surface area contributed by atoms with E-state index >= 15 is 0 Å². The van der Waals surface area contributed by atoms with E-state index in [9.17, 15) is 9.59 Å². The lowest BCUT2D eigenvalue weighted by molar-refractivity contribution is 0.0438. The number of hydrogen-bond donors (Lipinski definition) is 0. The smallest absolute Gasteiger partial charge is 0.375 e. The van der Waals surface area contributed by atoms with Crippen molar-refractivity contribution in [2.24, 2.45) is 0 Å². The average molecular weight is 380 g/mol. The minimum atomic E-state index is -0.666. The number of fused-ring (bicyclic) bond motifs is 1. The summed E-state index contributed by atoms with van der Waals surface area (Å²) in [5, 5.41) is 0.805. The lowest BCUT2D eigenvalue weighted by atomic mass is 9.98. The van der Waals surface area contributed by atoms with Crippen molar-refractivity contribution in [1.29, 1.82) is 0 Å². The molecule has 0 fully saturated rings. The summed E-state index contributed by atoms with van der Waals surface area (Å²) in [6, 6.07) is 11.1. The molecule has 0 aliphatic rings. The SMILES string of the molecule is CCOCc1c(C(=O)OCC(=O)c2cc(C)c(C)cc2C)oc2ccccc12. The summed E-state index contributed by atoms with van der Waals surface area (Å²) < 4.78 is 16.4. The van der Waals surface area contributed by atoms with Crippen LogP contribution in [0, 0.1) is 20.8 Å². The van der Waals surface area contributed by atoms with E-state index in [-0.39, 0.29) is 24.8 Å². The second kappa shape index (κ2) is 8.40. The van der Waals surface area contributed by atoms with Gasteiger partial charge in [0, 0.05) is 23.1 Å². The summed E-state index contributed by atoms with van der Waals surface area (Å²) in [4.78, 5) is 25.2. The first-order chi connectivity index (χ1) is 13.4. The number of carbonyl (C=O) groups excluding carboxylic acids is 2. The standard InChI is InChI=1S/C23H24O5/c1-5-26-12-19-17-8-6-7-9-21(17)28-22(19)23(25)27-13-20(24)18-11-15(3)14(2)10-16(18)4/h6-11H,5,12-13H2,1-4H3. The lowest BCUT2D eigenvalue weighted by Crippen LogP contribution is -2.16. The Kier molecular flexibility index (Phi) is 5.95. The predicted octanol–water partition coefficient (Wildman–Crippen LogP) is 4.93. The van der Waals surface area contributed by atoms with Gasteiger partial charge in [0.15, 0.2) is 6.61 Å². The molecule has 3 aromatic rings. The van der Waals surface area contributed by atoms with Gasteiger partial charge in [-0.3, -0.25) is 4.79 Å². The molecular formula is C23H24O5. The normalized spacial score (nSPS) is 11.0. The summed E-state index contributed by atoms with van der Waals surface area (Å²) in [5.74, 6) is -0.823. The maximum Gasteiger partial charge on any atom is 0.375 e. The molecule has 1 heterocycles. The van der Waals surface area contributed by atoms with Gasteiger partial charge in [-0.25, -0.2) is 4.79 Å². The molecule has 2 aromatic carbocycles. The highest BCUT2D eigenvalue weighted by Crippen LogP contribution is 2.27. The molecule has 0 unspecified atom stereocenters. The number of para-hydroxylation sites is 1. The van der Waals surface area contributed by atoms with Crippen LogP contribution in [0.2, 0.25) is 0 Å². The van der Waals surface area contributed by atoms with Crippen LogP contribution < -0.4 is 0 Å². The van der Waals surface area contributed by atoms with Crippen molar-refractivity contribution in [2.45, 2.75) is 34.3 Å². The van der Waals surface area contributed by atoms with Crippen molar-refractivity contribution in [3.63, 3.8) is 0 Å². The molecule has 0 amide bonds. The van der Waals surface area contributed by atoms with E-state index < -0.39 is 5.97 Å². The van der Waals surface area contributed by atoms with Crippen molar-refractivity contribution in [1.82, 2.24) is 0 Å². The van der Waals surface area contributed by atoms with E-state index in [0.717, 1.165) is 22.1 Å². The molecule has 146 valence electrons. The molecular weight excluding hydrogens is 356 g/mol. The molecule has 5 heteroatoms. The van der Waals surface area contributed by atoms with Gasteiger partial charge in [0.25, 0.3) is 0 Å². The van der Waals surface area contributed by atoms with Crippen LogP contribution in [0.5, 0.6) is 0 Å². The Labute approximate surface area is 164 Å². The minimum Gasteiger partial charge on any atom is -0.451 e. The van der Waals surface area contributed by atoms with Crippen LogP contribution in [0.25, 0.3) is 11.0 Å². The zero-order valence-electron chi connectivity index (χ0n) is 16.6. The second-order valence-electron chi connectivity index (χ2n) is 6.79. The predicted molar refractivity (Wildman–Crippen MR) is 107 cm³/mol. The largest absolute Gasteiger partial charge is 0.451 e. The van der Waals surface area contributed by atoms with Gasteiger partial charge < -0.3 is 13.9 Å². The van der Waals surface area contributed by atoms with Crippen molar-refractivity contribution < 1.29 is 23.5 Å². The first-order valence-electron chi connectivity index (χ1n) is 9.28. The Hall–Kier alpha value is -2.92. The third kappa shape index (κ3) is 3.99. The first-order valence-corrected chi connectivity index (χ1v) is 9.28. The van der Waals surface area contributed by atoms with Crippen LogP contribution in [-0.4, -0.2) is 25.0 Å². The summed E-state index contributed by atoms with van der Waals surface area (Å²) >= 11 is 0. The monoisotopic (exact) mass is 380 g/mol. The third-order valence-corrected chi connectivity index (χ3v) is 4.81. The highest BCUT2D eigenvalue weighted by Gasteiger charge is 2.23. The maximum absolute atomic E-state index is 12.6. The quantitative estimate of drug-likeness (QED) is 0.429. The van der Waals surface area contributed by atoms with E-state index in [1.165, 1.54) is 0 Å². The summed E-state index contributed by atoms with van der Waals surface area (Å²) in [6.07, 6.45) is 0. The molecule has 0 aliphatic carbocycles. The Balaban J connectivity index is 1.80. The van der Waals surface area contributed by atoms with Crippen molar-refractivity contribution in [3.05, 3.63) is 70.0 Å². The molecule has 0 N–H and O–H groups in total. The molecule has 0 bridgehead atoms. The summed E-state index contributed by atoms with van der Waals surface area (Å²) in [5.41, 5.74) is 4.79. The molecule has 1 aromatic heterocycles. The van der Waals surface area contributed by atoms with Gasteiger partial charge >= 0.3 is 5.97 Å². The topological polar surface area (TPSA) is 65.7 Å². The Bertz CT molecular complexity index is 1030. The fourth-order valence-corrected chi connectivity index (χ4v) is 3.15. The second-order valence-corrected chi connectivity index (χ2v) is 6.79. The number of carbonyl (C=O) groups is 2. The number of ketones is 1. The number of Topliss-reactive ketones (excluding diaryl/α,β-unsaturated/α-hetero) is 1. The summed E-state index contributed by atoms with van der Waals surface area (Å²) in [7, 11) is 0. The van der Waals surface area contributed by atoms with Crippen LogP contribution in [0.4, 0.5) is 0 Å². The van der Waals surface area contributed by atoms with Gasteiger partial charge in [-0.1, -0.05) is 24.3 Å². The number of rotatable bonds is 7. The van der Waals surface area contributed by atoms with Crippen LogP contribution in [0.15, 0.2) is 40.8 Å². The highest BCUT2D eigenvalue weighted by atomic mass is 16.5. The van der Waals surface area contributed by atoms with Crippen LogP contribution in [-0.2, 0) is 16.1 Å². The fourth-order valence-electron chi connectivity index (χ4n) is 3.15. The number of esters is 1. The number of ether oxygens (including phenoxy) is 2. The van der Waals surface area contributed by atoms with Gasteiger partial charge in [0.1, 0.15) is 5.58 Å². The van der Waals surface area contributed by atoms with Crippen molar-refractivity contribution in [2.75, 3.05) is 13.2 Å². The number of hydrogen-bond acceptors (Lipinski definition) is 5. The van der Waals surface area contributed by atoms with E-state index in [1.54, 1.807) is 6.07 Å². The molecule has 0 atom stereocenters. The van der Waals surface area contributed by atoms with Crippen molar-refractivity contribution >= 4 is 22.7 Å². The van der Waals surface area contributed by atoms with Gasteiger partial charge in [0.05, 0.1) is 6.61 Å². The zero-order valence-corrected chi connectivity index (χ0v) is 16.6.